The zero-order valence-corrected chi connectivity index (χ0v) is 13.5. The molecule has 1 aromatic heterocycles. The second-order valence-corrected chi connectivity index (χ2v) is 6.28. The molecule has 0 saturated carbocycles. The molecule has 3 nitrogen and oxygen atoms in total. The average molecular weight is 316 g/mol. The van der Waals surface area contributed by atoms with Crippen LogP contribution in [0.4, 0.5) is 4.39 Å². The molecular weight excluding hydrogens is 291 g/mol. The van der Waals surface area contributed by atoms with E-state index in [4.69, 9.17) is 4.42 Å². The zero-order valence-electron chi connectivity index (χ0n) is 13.5. The van der Waals surface area contributed by atoms with E-state index >= 15 is 0 Å². The van der Waals surface area contributed by atoms with Crippen molar-refractivity contribution in [2.24, 2.45) is 0 Å². The van der Waals surface area contributed by atoms with Crippen LogP contribution in [0.1, 0.15) is 30.6 Å². The van der Waals surface area contributed by atoms with Crippen LogP contribution in [0, 0.1) is 5.82 Å². The van der Waals surface area contributed by atoms with Gasteiger partial charge in [-0.2, -0.15) is 0 Å². The number of hydrogen-bond acceptors (Lipinski definition) is 3. The fraction of sp³-hybridized carbons (Fsp3) is 0.474. The van der Waals surface area contributed by atoms with Gasteiger partial charge in [-0.05, 0) is 56.0 Å². The first kappa shape index (κ1) is 16.2. The fourth-order valence-electron chi connectivity index (χ4n) is 3.20. The Balaban J connectivity index is 1.31. The lowest BCUT2D eigenvalue weighted by Gasteiger charge is -2.31. The van der Waals surface area contributed by atoms with Crippen molar-refractivity contribution < 1.29 is 8.81 Å². The number of nitrogens with one attached hydrogen (secondary N) is 1. The maximum Gasteiger partial charge on any atom is 0.126 e. The predicted molar refractivity (Wildman–Crippen MR) is 89.7 cm³/mol. The molecular formula is C19H25FN2O. The summed E-state index contributed by atoms with van der Waals surface area (Å²) >= 11 is 0. The number of hydrogen-bond donors (Lipinski definition) is 1. The topological polar surface area (TPSA) is 28.4 Å². The number of rotatable bonds is 7. The molecule has 1 aliphatic heterocycles. The van der Waals surface area contributed by atoms with E-state index in [9.17, 15) is 4.39 Å². The molecule has 1 saturated heterocycles. The van der Waals surface area contributed by atoms with Gasteiger partial charge in [-0.15, -0.1) is 0 Å². The monoisotopic (exact) mass is 316 g/mol. The van der Waals surface area contributed by atoms with E-state index in [-0.39, 0.29) is 5.82 Å². The molecule has 0 aliphatic carbocycles. The minimum atomic E-state index is -0.0845. The molecule has 2 aromatic rings. The van der Waals surface area contributed by atoms with Crippen LogP contribution in [-0.2, 0) is 13.0 Å². The van der Waals surface area contributed by atoms with Gasteiger partial charge in [0.15, 0.2) is 0 Å². The van der Waals surface area contributed by atoms with Crippen LogP contribution in [0.2, 0.25) is 0 Å². The Bertz CT molecular complexity index is 577. The third kappa shape index (κ3) is 4.91. The van der Waals surface area contributed by atoms with Crippen molar-refractivity contribution in [2.45, 2.75) is 38.3 Å². The molecule has 0 amide bonds. The maximum atomic E-state index is 13.5. The summed E-state index contributed by atoms with van der Waals surface area (Å²) in [6.07, 6.45) is 5.85. The molecule has 0 unspecified atom stereocenters. The Labute approximate surface area is 137 Å². The number of benzene rings is 1. The smallest absolute Gasteiger partial charge is 0.126 e. The molecule has 4 heteroatoms. The first-order chi connectivity index (χ1) is 11.3. The van der Waals surface area contributed by atoms with Crippen molar-refractivity contribution in [3.05, 3.63) is 59.8 Å². The van der Waals surface area contributed by atoms with Crippen LogP contribution in [0.15, 0.2) is 47.1 Å². The number of aryl methyl sites for hydroxylation is 1. The number of nitrogens with zero attached hydrogens (tertiary/aromatic N) is 1. The lowest BCUT2D eigenvalue weighted by Crippen LogP contribution is -2.42. The van der Waals surface area contributed by atoms with E-state index in [1.165, 1.54) is 18.9 Å². The molecule has 1 fully saturated rings. The third-order valence-corrected chi connectivity index (χ3v) is 4.56. The van der Waals surface area contributed by atoms with Crippen LogP contribution in [0.5, 0.6) is 0 Å². The Kier molecular flexibility index (Phi) is 5.83. The molecule has 1 aliphatic rings. The van der Waals surface area contributed by atoms with E-state index in [1.807, 2.05) is 24.3 Å². The summed E-state index contributed by atoms with van der Waals surface area (Å²) in [5.74, 6) is 0.958. The normalized spacial score (nSPS) is 16.7. The molecule has 124 valence electrons. The highest BCUT2D eigenvalue weighted by Gasteiger charge is 2.19. The highest BCUT2D eigenvalue weighted by atomic mass is 19.1. The number of halogens is 1. The SMILES string of the molecule is Fc1ccccc1CCCNC1CCN(Cc2ccco2)CC1. The van der Waals surface area contributed by atoms with Crippen molar-refractivity contribution in [3.63, 3.8) is 0 Å². The number of likely N-dealkylation sites (tertiary alicyclic amines) is 1. The summed E-state index contributed by atoms with van der Waals surface area (Å²) in [7, 11) is 0. The lowest BCUT2D eigenvalue weighted by atomic mass is 10.0. The molecule has 23 heavy (non-hydrogen) atoms. The molecule has 0 atom stereocenters. The van der Waals surface area contributed by atoms with Crippen LogP contribution in [0.25, 0.3) is 0 Å². The highest BCUT2D eigenvalue weighted by Crippen LogP contribution is 2.14. The van der Waals surface area contributed by atoms with Gasteiger partial charge in [0.2, 0.25) is 0 Å². The van der Waals surface area contributed by atoms with Gasteiger partial charge in [0.05, 0.1) is 12.8 Å². The Morgan fingerprint density at radius 2 is 1.96 bits per heavy atom. The quantitative estimate of drug-likeness (QED) is 0.791. The van der Waals surface area contributed by atoms with E-state index in [0.29, 0.717) is 6.04 Å². The summed E-state index contributed by atoms with van der Waals surface area (Å²) in [5, 5.41) is 3.62. The van der Waals surface area contributed by atoms with Gasteiger partial charge < -0.3 is 9.73 Å². The molecule has 0 bridgehead atoms. The van der Waals surface area contributed by atoms with Gasteiger partial charge >= 0.3 is 0 Å². The number of piperidine rings is 1. The van der Waals surface area contributed by atoms with Crippen LogP contribution in [0.3, 0.4) is 0 Å². The highest BCUT2D eigenvalue weighted by molar-refractivity contribution is 5.17. The molecule has 0 radical (unpaired) electrons. The Morgan fingerprint density at radius 3 is 2.70 bits per heavy atom. The van der Waals surface area contributed by atoms with Crippen molar-refractivity contribution >= 4 is 0 Å². The second-order valence-electron chi connectivity index (χ2n) is 6.28. The van der Waals surface area contributed by atoms with Gasteiger partial charge in [0.25, 0.3) is 0 Å². The molecule has 1 aromatic carbocycles. The first-order valence-electron chi connectivity index (χ1n) is 8.53. The zero-order chi connectivity index (χ0) is 15.9. The van der Waals surface area contributed by atoms with Gasteiger partial charge in [0.1, 0.15) is 11.6 Å². The molecule has 3 rings (SSSR count). The third-order valence-electron chi connectivity index (χ3n) is 4.56. The van der Waals surface area contributed by atoms with Gasteiger partial charge in [-0.1, -0.05) is 18.2 Å². The van der Waals surface area contributed by atoms with Crippen LogP contribution in [-0.4, -0.2) is 30.6 Å². The Hall–Kier alpha value is -1.65. The lowest BCUT2D eigenvalue weighted by molar-refractivity contribution is 0.179. The van der Waals surface area contributed by atoms with Crippen LogP contribution >= 0.6 is 0 Å². The van der Waals surface area contributed by atoms with Gasteiger partial charge in [0, 0.05) is 19.1 Å². The summed E-state index contributed by atoms with van der Waals surface area (Å²) in [6, 6.07) is 11.6. The molecule has 0 spiro atoms. The second kappa shape index (κ2) is 8.27. The predicted octanol–water partition coefficient (Wildman–Crippen LogP) is 3.61. The van der Waals surface area contributed by atoms with Gasteiger partial charge in [-0.25, -0.2) is 4.39 Å². The molecule has 2 heterocycles. The van der Waals surface area contributed by atoms with E-state index in [0.717, 1.165) is 50.3 Å². The van der Waals surface area contributed by atoms with E-state index < -0.39 is 0 Å². The summed E-state index contributed by atoms with van der Waals surface area (Å²) < 4.78 is 18.9. The average Bonchev–Trinajstić information content (AvgIpc) is 3.08. The van der Waals surface area contributed by atoms with Crippen molar-refractivity contribution in [3.8, 4) is 0 Å². The maximum absolute atomic E-state index is 13.5. The number of furan rings is 1. The Morgan fingerprint density at radius 1 is 1.13 bits per heavy atom. The van der Waals surface area contributed by atoms with Gasteiger partial charge in [-0.3, -0.25) is 4.90 Å². The summed E-state index contributed by atoms with van der Waals surface area (Å²) in [5.41, 5.74) is 0.822. The minimum Gasteiger partial charge on any atom is -0.468 e. The summed E-state index contributed by atoms with van der Waals surface area (Å²) in [4.78, 5) is 2.44. The van der Waals surface area contributed by atoms with Crippen molar-refractivity contribution in [2.75, 3.05) is 19.6 Å². The van der Waals surface area contributed by atoms with E-state index in [2.05, 4.69) is 10.2 Å². The molecule has 1 N–H and O–H groups in total. The summed E-state index contributed by atoms with van der Waals surface area (Å²) in [6.45, 7) is 4.07. The fourth-order valence-corrected chi connectivity index (χ4v) is 3.20. The van der Waals surface area contributed by atoms with Crippen LogP contribution < -0.4 is 5.32 Å². The standard InChI is InChI=1S/C19H25FN2O/c20-19-8-2-1-5-16(19)6-3-11-21-17-9-12-22(13-10-17)15-18-7-4-14-23-18/h1-2,4-5,7-8,14,17,21H,3,6,9-13,15H2. The van der Waals surface area contributed by atoms with E-state index in [1.54, 1.807) is 12.3 Å². The minimum absolute atomic E-state index is 0.0845. The first-order valence-corrected chi connectivity index (χ1v) is 8.53. The van der Waals surface area contributed by atoms with Crippen molar-refractivity contribution in [1.82, 2.24) is 10.2 Å². The van der Waals surface area contributed by atoms with Crippen molar-refractivity contribution in [1.29, 1.82) is 0 Å². The largest absolute Gasteiger partial charge is 0.468 e.